The van der Waals surface area contributed by atoms with Crippen LogP contribution in [0.3, 0.4) is 0 Å². The van der Waals surface area contributed by atoms with Crippen LogP contribution in [0.25, 0.3) is 0 Å². The minimum absolute atomic E-state index is 0.0418. The fourth-order valence-corrected chi connectivity index (χ4v) is 3.34. The van der Waals surface area contributed by atoms with Crippen LogP contribution in [0, 0.1) is 5.82 Å². The second-order valence-corrected chi connectivity index (χ2v) is 6.27. The summed E-state index contributed by atoms with van der Waals surface area (Å²) in [5.41, 5.74) is 0.447. The quantitative estimate of drug-likeness (QED) is 0.474. The topological polar surface area (TPSA) is 43.4 Å². The summed E-state index contributed by atoms with van der Waals surface area (Å²) >= 11 is 0. The standard InChI is InChI=1S/C20H19FO3/c1-14(22)15-7-9-18(10-8-15)24-19(23)20(11-2-3-12-20)16-5-4-6-17(21)13-16/h4-10,13H,2-3,11-12H2,1H3. The van der Waals surface area contributed by atoms with E-state index in [1.165, 1.54) is 19.1 Å². The Morgan fingerprint density at radius 2 is 1.71 bits per heavy atom. The Morgan fingerprint density at radius 1 is 1.04 bits per heavy atom. The number of benzene rings is 2. The van der Waals surface area contributed by atoms with Gasteiger partial charge in [0.2, 0.25) is 0 Å². The van der Waals surface area contributed by atoms with Gasteiger partial charge in [0.1, 0.15) is 11.6 Å². The minimum atomic E-state index is -0.790. The van der Waals surface area contributed by atoms with Gasteiger partial charge in [0.15, 0.2) is 5.78 Å². The van der Waals surface area contributed by atoms with Crippen molar-refractivity contribution < 1.29 is 18.7 Å². The predicted octanol–water partition coefficient (Wildman–Crippen LogP) is 4.45. The summed E-state index contributed by atoms with van der Waals surface area (Å²) in [6, 6.07) is 12.7. The van der Waals surface area contributed by atoms with E-state index in [-0.39, 0.29) is 17.6 Å². The van der Waals surface area contributed by atoms with Gasteiger partial charge in [-0.1, -0.05) is 25.0 Å². The molecule has 0 aliphatic heterocycles. The Bertz CT molecular complexity index is 759. The molecule has 2 aromatic rings. The number of Topliss-reactive ketones (excluding diaryl/α,β-unsaturated/α-hetero) is 1. The second-order valence-electron chi connectivity index (χ2n) is 6.27. The van der Waals surface area contributed by atoms with Crippen molar-refractivity contribution in [1.29, 1.82) is 0 Å². The number of hydrogen-bond acceptors (Lipinski definition) is 3. The van der Waals surface area contributed by atoms with E-state index in [1.54, 1.807) is 36.4 Å². The van der Waals surface area contributed by atoms with Crippen molar-refractivity contribution in [2.45, 2.75) is 38.0 Å². The molecule has 1 saturated carbocycles. The number of esters is 1. The van der Waals surface area contributed by atoms with Gasteiger partial charge in [-0.05, 0) is 61.7 Å². The predicted molar refractivity (Wildman–Crippen MR) is 88.6 cm³/mol. The highest BCUT2D eigenvalue weighted by Crippen LogP contribution is 2.42. The maximum absolute atomic E-state index is 13.6. The minimum Gasteiger partial charge on any atom is -0.426 e. The van der Waals surface area contributed by atoms with Crippen molar-refractivity contribution in [3.05, 3.63) is 65.5 Å². The van der Waals surface area contributed by atoms with Gasteiger partial charge in [-0.25, -0.2) is 4.39 Å². The van der Waals surface area contributed by atoms with Crippen molar-refractivity contribution >= 4 is 11.8 Å². The van der Waals surface area contributed by atoms with Crippen LogP contribution in [0.15, 0.2) is 48.5 Å². The molecule has 0 atom stereocenters. The summed E-state index contributed by atoms with van der Waals surface area (Å²) in [6.07, 6.45) is 3.13. The first-order chi connectivity index (χ1) is 11.5. The Balaban J connectivity index is 1.86. The summed E-state index contributed by atoms with van der Waals surface area (Å²) in [6.45, 7) is 1.48. The highest BCUT2D eigenvalue weighted by Gasteiger charge is 2.44. The zero-order chi connectivity index (χ0) is 17.2. The van der Waals surface area contributed by atoms with E-state index >= 15 is 0 Å². The maximum atomic E-state index is 13.6. The van der Waals surface area contributed by atoms with Gasteiger partial charge < -0.3 is 4.74 Å². The van der Waals surface area contributed by atoms with E-state index in [0.717, 1.165) is 12.8 Å². The van der Waals surface area contributed by atoms with Crippen LogP contribution in [-0.4, -0.2) is 11.8 Å². The summed E-state index contributed by atoms with van der Waals surface area (Å²) in [7, 11) is 0. The third-order valence-electron chi connectivity index (χ3n) is 4.70. The SMILES string of the molecule is CC(=O)c1ccc(OC(=O)C2(c3cccc(F)c3)CCCC2)cc1. The Labute approximate surface area is 140 Å². The molecular weight excluding hydrogens is 307 g/mol. The van der Waals surface area contributed by atoms with Crippen LogP contribution in [-0.2, 0) is 10.2 Å². The lowest BCUT2D eigenvalue weighted by Gasteiger charge is -2.27. The molecule has 2 aromatic carbocycles. The molecule has 1 aliphatic rings. The summed E-state index contributed by atoms with van der Waals surface area (Å²) in [4.78, 5) is 24.2. The van der Waals surface area contributed by atoms with E-state index in [1.807, 2.05) is 0 Å². The number of carbonyl (C=O) groups excluding carboxylic acids is 2. The highest BCUT2D eigenvalue weighted by molar-refractivity contribution is 5.94. The number of ether oxygens (including phenoxy) is 1. The first-order valence-corrected chi connectivity index (χ1v) is 8.11. The molecule has 0 bridgehead atoms. The first kappa shape index (κ1) is 16.4. The molecule has 1 aliphatic carbocycles. The molecule has 0 saturated heterocycles. The van der Waals surface area contributed by atoms with E-state index in [4.69, 9.17) is 4.74 Å². The molecule has 0 heterocycles. The van der Waals surface area contributed by atoms with Crippen LogP contribution in [0.2, 0.25) is 0 Å². The lowest BCUT2D eigenvalue weighted by Crippen LogP contribution is -2.36. The largest absolute Gasteiger partial charge is 0.426 e. The maximum Gasteiger partial charge on any atom is 0.321 e. The summed E-state index contributed by atoms with van der Waals surface area (Å²) < 4.78 is 19.2. The van der Waals surface area contributed by atoms with E-state index < -0.39 is 5.41 Å². The molecule has 3 nitrogen and oxygen atoms in total. The summed E-state index contributed by atoms with van der Waals surface area (Å²) in [5, 5.41) is 0. The molecular formula is C20H19FO3. The van der Waals surface area contributed by atoms with Gasteiger partial charge in [-0.2, -0.15) is 0 Å². The average molecular weight is 326 g/mol. The van der Waals surface area contributed by atoms with Gasteiger partial charge in [0, 0.05) is 5.56 Å². The van der Waals surface area contributed by atoms with Crippen molar-refractivity contribution in [3.8, 4) is 5.75 Å². The molecule has 0 unspecified atom stereocenters. The fraction of sp³-hybridized carbons (Fsp3) is 0.300. The Morgan fingerprint density at radius 3 is 2.29 bits per heavy atom. The van der Waals surface area contributed by atoms with Crippen molar-refractivity contribution in [1.82, 2.24) is 0 Å². The number of ketones is 1. The Hall–Kier alpha value is -2.49. The van der Waals surface area contributed by atoms with Crippen molar-refractivity contribution in [2.75, 3.05) is 0 Å². The number of hydrogen-bond donors (Lipinski definition) is 0. The van der Waals surface area contributed by atoms with E-state index in [0.29, 0.717) is 29.7 Å². The smallest absolute Gasteiger partial charge is 0.321 e. The summed E-state index contributed by atoms with van der Waals surface area (Å²) in [5.74, 6) is -0.355. The lowest BCUT2D eigenvalue weighted by atomic mass is 9.79. The molecule has 0 radical (unpaired) electrons. The Kier molecular flexibility index (Phi) is 4.47. The number of rotatable bonds is 4. The molecule has 0 aromatic heterocycles. The van der Waals surface area contributed by atoms with Gasteiger partial charge in [0.05, 0.1) is 5.41 Å². The monoisotopic (exact) mass is 326 g/mol. The van der Waals surface area contributed by atoms with Crippen LogP contribution in [0.4, 0.5) is 4.39 Å². The molecule has 1 fully saturated rings. The molecule has 3 rings (SSSR count). The zero-order valence-corrected chi connectivity index (χ0v) is 13.5. The van der Waals surface area contributed by atoms with E-state index in [9.17, 15) is 14.0 Å². The van der Waals surface area contributed by atoms with Gasteiger partial charge >= 0.3 is 5.97 Å². The normalized spacial score (nSPS) is 15.9. The highest BCUT2D eigenvalue weighted by atomic mass is 19.1. The van der Waals surface area contributed by atoms with Crippen molar-refractivity contribution in [2.24, 2.45) is 0 Å². The average Bonchev–Trinajstić information content (AvgIpc) is 3.06. The third kappa shape index (κ3) is 3.09. The van der Waals surface area contributed by atoms with E-state index in [2.05, 4.69) is 0 Å². The number of halogens is 1. The lowest BCUT2D eigenvalue weighted by molar-refractivity contribution is -0.140. The molecule has 0 spiro atoms. The molecule has 124 valence electrons. The van der Waals surface area contributed by atoms with Crippen molar-refractivity contribution in [3.63, 3.8) is 0 Å². The van der Waals surface area contributed by atoms with Gasteiger partial charge in [0.25, 0.3) is 0 Å². The van der Waals surface area contributed by atoms with Crippen LogP contribution >= 0.6 is 0 Å². The molecule has 0 N–H and O–H groups in total. The van der Waals surface area contributed by atoms with Crippen LogP contribution in [0.1, 0.15) is 48.5 Å². The molecule has 0 amide bonds. The van der Waals surface area contributed by atoms with Gasteiger partial charge in [-0.3, -0.25) is 9.59 Å². The molecule has 24 heavy (non-hydrogen) atoms. The third-order valence-corrected chi connectivity index (χ3v) is 4.70. The second kappa shape index (κ2) is 6.56. The van der Waals surface area contributed by atoms with Crippen LogP contribution in [0.5, 0.6) is 5.75 Å². The zero-order valence-electron chi connectivity index (χ0n) is 13.5. The fourth-order valence-electron chi connectivity index (χ4n) is 3.34. The molecule has 4 heteroatoms. The first-order valence-electron chi connectivity index (χ1n) is 8.11. The van der Waals surface area contributed by atoms with Gasteiger partial charge in [-0.15, -0.1) is 0 Å². The number of carbonyl (C=O) groups is 2. The van der Waals surface area contributed by atoms with Crippen LogP contribution < -0.4 is 4.74 Å².